The Balaban J connectivity index is 3.90. The molecule has 0 fully saturated rings. The van der Waals surface area contributed by atoms with Crippen LogP contribution in [-0.2, 0) is 10.5 Å². The highest BCUT2D eigenvalue weighted by molar-refractivity contribution is 6.91. The van der Waals surface area contributed by atoms with Crippen molar-refractivity contribution in [2.24, 2.45) is 0 Å². The summed E-state index contributed by atoms with van der Waals surface area (Å²) in [5, 5.41) is 0.377. The summed E-state index contributed by atoms with van der Waals surface area (Å²) in [4.78, 5) is 13.7. The monoisotopic (exact) mass is 532 g/mol. The molecule has 194 valence electrons. The predicted molar refractivity (Wildman–Crippen MR) is 157 cm³/mol. The van der Waals surface area contributed by atoms with Gasteiger partial charge in [0, 0.05) is 10.6 Å². The summed E-state index contributed by atoms with van der Waals surface area (Å²) in [5.74, 6) is 4.94. The number of carbonyl (C=O) groups is 1. The normalized spacial score (nSPS) is 14.3. The first kappa shape index (κ1) is 31.7. The van der Waals surface area contributed by atoms with E-state index in [1.54, 1.807) is 18.2 Å². The maximum Gasteiger partial charge on any atom is 0.265 e. The minimum Gasteiger partial charge on any atom is -0.280 e. The minimum absolute atomic E-state index is 0.168. The van der Waals surface area contributed by atoms with Crippen molar-refractivity contribution in [1.29, 1.82) is 0 Å². The summed E-state index contributed by atoms with van der Waals surface area (Å²) in [6.07, 6.45) is 0. The zero-order valence-corrected chi connectivity index (χ0v) is 26.7. The Morgan fingerprint density at radius 3 is 1.54 bits per heavy atom. The molecular weight excluding hydrogens is 487 g/mol. The summed E-state index contributed by atoms with van der Waals surface area (Å²) < 4.78 is 17.0. The fourth-order valence-electron chi connectivity index (χ4n) is 6.27. The first-order chi connectivity index (χ1) is 16.0. The Labute approximate surface area is 222 Å². The quantitative estimate of drug-likeness (QED) is 0.240. The molecule has 0 saturated carbocycles. The number of carbonyl (C=O) groups excluding carboxylic acids is 1. The third-order valence-corrected chi connectivity index (χ3v) is 20.9. The van der Waals surface area contributed by atoms with Crippen molar-refractivity contribution in [3.63, 3.8) is 0 Å². The van der Waals surface area contributed by atoms with Gasteiger partial charge in [-0.15, -0.1) is 11.1 Å². The zero-order chi connectivity index (χ0) is 27.4. The Kier molecular flexibility index (Phi) is 11.1. The number of ketones is 1. The van der Waals surface area contributed by atoms with E-state index in [2.05, 4.69) is 106 Å². The van der Waals surface area contributed by atoms with Crippen molar-refractivity contribution in [2.75, 3.05) is 0 Å². The highest BCUT2D eigenvalue weighted by Gasteiger charge is 2.45. The van der Waals surface area contributed by atoms with E-state index >= 15 is 4.39 Å². The first-order valence-corrected chi connectivity index (χ1v) is 17.9. The van der Waals surface area contributed by atoms with Crippen molar-refractivity contribution in [1.82, 2.24) is 0 Å². The van der Waals surface area contributed by atoms with E-state index < -0.39 is 27.6 Å². The lowest BCUT2D eigenvalue weighted by Gasteiger charge is -2.38. The Morgan fingerprint density at radius 1 is 0.771 bits per heavy atom. The van der Waals surface area contributed by atoms with Gasteiger partial charge < -0.3 is 0 Å². The largest absolute Gasteiger partial charge is 0.280 e. The standard InChI is InChI=1S/C30H46ClFOSi2/c1-21(2)34(22(3)4,23(5)6)18-16-29(33)30(32,27-14-13-15-28(31)20-27)17-19-35(24(7)8,25(9)10)26(11)12/h13-15,20-26H,1-12H3/t30-/m0/s1. The van der Waals surface area contributed by atoms with E-state index in [0.717, 1.165) is 0 Å². The fraction of sp³-hybridized carbons (Fsp3) is 0.633. The number of benzene rings is 1. The van der Waals surface area contributed by atoms with Crippen LogP contribution in [-0.4, -0.2) is 21.9 Å². The van der Waals surface area contributed by atoms with E-state index in [1.807, 2.05) is 0 Å². The van der Waals surface area contributed by atoms with Gasteiger partial charge in [0.15, 0.2) is 0 Å². The molecule has 0 spiro atoms. The van der Waals surface area contributed by atoms with Crippen LogP contribution in [0.2, 0.25) is 38.3 Å². The topological polar surface area (TPSA) is 17.1 Å². The van der Waals surface area contributed by atoms with Crippen LogP contribution in [0.25, 0.3) is 0 Å². The molecule has 0 radical (unpaired) electrons. The number of alkyl halides is 1. The van der Waals surface area contributed by atoms with Gasteiger partial charge in [-0.2, -0.15) is 0 Å². The third kappa shape index (κ3) is 6.33. The van der Waals surface area contributed by atoms with Crippen LogP contribution in [0.1, 0.15) is 88.6 Å². The van der Waals surface area contributed by atoms with Gasteiger partial charge >= 0.3 is 0 Å². The van der Waals surface area contributed by atoms with Crippen LogP contribution < -0.4 is 0 Å². The maximum atomic E-state index is 17.0. The summed E-state index contributed by atoms with van der Waals surface area (Å²) in [7, 11) is -4.48. The van der Waals surface area contributed by atoms with E-state index in [1.165, 1.54) is 6.07 Å². The lowest BCUT2D eigenvalue weighted by Crippen LogP contribution is -2.44. The van der Waals surface area contributed by atoms with Gasteiger partial charge in [0.1, 0.15) is 16.1 Å². The third-order valence-electron chi connectivity index (χ3n) is 8.11. The summed E-state index contributed by atoms with van der Waals surface area (Å²) in [5.41, 5.74) is 6.48. The number of halogens is 2. The zero-order valence-electron chi connectivity index (χ0n) is 23.9. The molecule has 0 saturated heterocycles. The number of rotatable bonds is 8. The molecular formula is C30H46ClFOSi2. The molecule has 0 aliphatic carbocycles. The molecule has 1 atom stereocenters. The molecule has 0 heterocycles. The number of hydrogen-bond acceptors (Lipinski definition) is 1. The second-order valence-electron chi connectivity index (χ2n) is 11.8. The molecule has 0 bridgehead atoms. The van der Waals surface area contributed by atoms with Gasteiger partial charge in [-0.1, -0.05) is 113 Å². The van der Waals surface area contributed by atoms with Crippen LogP contribution in [0.4, 0.5) is 4.39 Å². The van der Waals surface area contributed by atoms with Gasteiger partial charge in [-0.25, -0.2) is 4.39 Å². The van der Waals surface area contributed by atoms with Gasteiger partial charge in [0.25, 0.3) is 11.5 Å². The second-order valence-corrected chi connectivity index (χ2v) is 23.4. The van der Waals surface area contributed by atoms with Crippen molar-refractivity contribution in [3.05, 3.63) is 34.9 Å². The van der Waals surface area contributed by atoms with Gasteiger partial charge in [-0.3, -0.25) is 4.79 Å². The smallest absolute Gasteiger partial charge is 0.265 e. The molecule has 35 heavy (non-hydrogen) atoms. The lowest BCUT2D eigenvalue weighted by atomic mass is 9.92. The van der Waals surface area contributed by atoms with Crippen LogP contribution in [0.15, 0.2) is 24.3 Å². The van der Waals surface area contributed by atoms with Gasteiger partial charge in [0.05, 0.1) is 0 Å². The Bertz CT molecular complexity index is 961. The molecule has 1 rings (SSSR count). The van der Waals surface area contributed by atoms with E-state index in [4.69, 9.17) is 11.6 Å². The molecule has 0 aromatic heterocycles. The van der Waals surface area contributed by atoms with Crippen LogP contribution in [0.5, 0.6) is 0 Å². The SMILES string of the molecule is CC(C)[Si](C#CC(=O)[C@](F)(C#C[Si](C(C)C)(C(C)C)C(C)C)c1cccc(Cl)c1)(C(C)C)C(C)C. The van der Waals surface area contributed by atoms with Crippen molar-refractivity contribution in [3.8, 4) is 22.9 Å². The Morgan fingerprint density at radius 2 is 1.17 bits per heavy atom. The van der Waals surface area contributed by atoms with Crippen molar-refractivity contribution in [2.45, 2.75) is 122 Å². The summed E-state index contributed by atoms with van der Waals surface area (Å²) in [6, 6.07) is 6.46. The van der Waals surface area contributed by atoms with Crippen molar-refractivity contribution < 1.29 is 9.18 Å². The molecule has 0 N–H and O–H groups in total. The average Bonchev–Trinajstić information content (AvgIpc) is 2.72. The molecule has 1 nitrogen and oxygen atoms in total. The van der Waals surface area contributed by atoms with Crippen LogP contribution in [0.3, 0.4) is 0 Å². The van der Waals surface area contributed by atoms with Crippen LogP contribution >= 0.6 is 11.6 Å². The number of Topliss-reactive ketones (excluding diaryl/α,β-unsaturated/α-hetero) is 1. The number of hydrogen-bond donors (Lipinski definition) is 0. The molecule has 0 unspecified atom stereocenters. The van der Waals surface area contributed by atoms with Crippen molar-refractivity contribution >= 4 is 33.5 Å². The highest BCUT2D eigenvalue weighted by atomic mass is 35.5. The van der Waals surface area contributed by atoms with E-state index in [-0.39, 0.29) is 5.56 Å². The predicted octanol–water partition coefficient (Wildman–Crippen LogP) is 9.52. The molecule has 0 aliphatic rings. The molecule has 1 aromatic rings. The van der Waals surface area contributed by atoms with E-state index in [9.17, 15) is 4.79 Å². The first-order valence-electron chi connectivity index (χ1n) is 13.1. The Hall–Kier alpha value is -1.34. The maximum absolute atomic E-state index is 17.0. The highest BCUT2D eigenvalue weighted by Crippen LogP contribution is 2.42. The fourth-order valence-corrected chi connectivity index (χ4v) is 16.9. The summed E-state index contributed by atoms with van der Waals surface area (Å²) in [6.45, 7) is 26.1. The second kappa shape index (κ2) is 12.3. The van der Waals surface area contributed by atoms with Gasteiger partial charge in [-0.05, 0) is 51.3 Å². The lowest BCUT2D eigenvalue weighted by molar-refractivity contribution is -0.121. The summed E-state index contributed by atoms with van der Waals surface area (Å²) >= 11 is 6.22. The molecule has 0 amide bonds. The molecule has 1 aromatic carbocycles. The van der Waals surface area contributed by atoms with Gasteiger partial charge in [0.2, 0.25) is 0 Å². The average molecular weight is 533 g/mol. The molecule has 0 aliphatic heterocycles. The minimum atomic E-state index is -2.51. The van der Waals surface area contributed by atoms with Crippen LogP contribution in [0, 0.1) is 22.9 Å². The van der Waals surface area contributed by atoms with E-state index in [0.29, 0.717) is 38.3 Å². The molecule has 5 heteroatoms.